The molecule has 0 bridgehead atoms. The average molecular weight is 304 g/mol. The molecule has 3 rings (SSSR count). The van der Waals surface area contributed by atoms with Crippen LogP contribution in [-0.2, 0) is 0 Å². The van der Waals surface area contributed by atoms with Crippen LogP contribution in [0.3, 0.4) is 0 Å². The molecular weight excluding hydrogens is 292 g/mol. The Kier molecular flexibility index (Phi) is 3.32. The minimum atomic E-state index is -0.732. The smallest absolute Gasteiger partial charge is 0.269 e. The van der Waals surface area contributed by atoms with Crippen molar-refractivity contribution >= 4 is 17.3 Å². The van der Waals surface area contributed by atoms with Crippen LogP contribution in [-0.4, -0.2) is 10.8 Å². The van der Waals surface area contributed by atoms with Crippen molar-refractivity contribution in [1.82, 2.24) is 4.98 Å². The van der Waals surface area contributed by atoms with Crippen LogP contribution in [0.4, 0.5) is 11.5 Å². The second-order valence-corrected chi connectivity index (χ2v) is 5.15. The molecule has 0 aliphatic carbocycles. The predicted octanol–water partition coefficient (Wildman–Crippen LogP) is 1.10. The van der Waals surface area contributed by atoms with Crippen molar-refractivity contribution in [3.8, 4) is 12.1 Å². The summed E-state index contributed by atoms with van der Waals surface area (Å²) in [6, 6.07) is 13.2. The fourth-order valence-electron chi connectivity index (χ4n) is 2.85. The van der Waals surface area contributed by atoms with Crippen LogP contribution < -0.4 is 17.0 Å². The molecule has 7 heteroatoms. The molecule has 0 fully saturated rings. The Morgan fingerprint density at radius 3 is 2.48 bits per heavy atom. The second-order valence-electron chi connectivity index (χ2n) is 5.15. The number of H-pyrrole nitrogens is 1. The number of nitrogen functional groups attached to an aromatic ring is 1. The number of nitrogens with zero attached hydrogens (tertiary/aromatic N) is 3. The summed E-state index contributed by atoms with van der Waals surface area (Å²) in [6.45, 7) is 0. The highest BCUT2D eigenvalue weighted by Gasteiger charge is 2.37. The van der Waals surface area contributed by atoms with Crippen LogP contribution in [0.25, 0.3) is 0 Å². The van der Waals surface area contributed by atoms with Crippen molar-refractivity contribution in [2.24, 2.45) is 16.6 Å². The molecule has 1 aromatic carbocycles. The Hall–Kier alpha value is -3.58. The minimum absolute atomic E-state index is 0.0651. The second kappa shape index (κ2) is 5.32. The number of nitriles is 2. The van der Waals surface area contributed by atoms with E-state index in [9.17, 15) is 15.3 Å². The molecule has 2 atom stereocenters. The Morgan fingerprint density at radius 2 is 1.87 bits per heavy atom. The lowest BCUT2D eigenvalue weighted by atomic mass is 9.78. The van der Waals surface area contributed by atoms with Gasteiger partial charge < -0.3 is 16.5 Å². The summed E-state index contributed by atoms with van der Waals surface area (Å²) in [4.78, 5) is 18.5. The van der Waals surface area contributed by atoms with Crippen molar-refractivity contribution in [2.75, 3.05) is 5.73 Å². The van der Waals surface area contributed by atoms with Gasteiger partial charge in [-0.15, -0.1) is 0 Å². The fraction of sp³-hybridized carbons (Fsp3) is 0.125. The number of nitrogens with one attached hydrogen (secondary N) is 1. The quantitative estimate of drug-likeness (QED) is 0.722. The summed E-state index contributed by atoms with van der Waals surface area (Å²) < 4.78 is 0. The van der Waals surface area contributed by atoms with E-state index >= 15 is 0 Å². The Balaban J connectivity index is 2.40. The topological polar surface area (TPSA) is 145 Å². The van der Waals surface area contributed by atoms with Crippen molar-refractivity contribution in [3.05, 3.63) is 57.4 Å². The standard InChI is InChI=1S/C16H12N6O/c17-6-9-11(8-4-2-1-3-5-8)12-13(21-14(9)19)10(7-18)16(23)22-15(12)20/h1-5,9,11H,(H2,19,21)(H3,20,22,23)/t9-,11-/m0/s1. The lowest BCUT2D eigenvalue weighted by Gasteiger charge is -2.29. The van der Waals surface area contributed by atoms with Gasteiger partial charge in [0, 0.05) is 11.5 Å². The van der Waals surface area contributed by atoms with Crippen LogP contribution in [0.1, 0.15) is 22.6 Å². The molecule has 0 unspecified atom stereocenters. The Labute approximate surface area is 131 Å². The van der Waals surface area contributed by atoms with Gasteiger partial charge in [-0.2, -0.15) is 10.5 Å². The van der Waals surface area contributed by atoms with Crippen LogP contribution in [0.15, 0.2) is 40.1 Å². The highest BCUT2D eigenvalue weighted by Crippen LogP contribution is 2.44. The summed E-state index contributed by atoms with van der Waals surface area (Å²) in [7, 11) is 0. The van der Waals surface area contributed by atoms with Crippen molar-refractivity contribution in [3.63, 3.8) is 0 Å². The van der Waals surface area contributed by atoms with Gasteiger partial charge in [-0.25, -0.2) is 4.99 Å². The normalized spacial score (nSPS) is 19.1. The van der Waals surface area contributed by atoms with Gasteiger partial charge in [-0.3, -0.25) is 4.79 Å². The fourth-order valence-corrected chi connectivity index (χ4v) is 2.85. The monoisotopic (exact) mass is 304 g/mol. The van der Waals surface area contributed by atoms with Gasteiger partial charge in [0.2, 0.25) is 0 Å². The molecule has 23 heavy (non-hydrogen) atoms. The van der Waals surface area contributed by atoms with Gasteiger partial charge in [-0.05, 0) is 5.56 Å². The van der Waals surface area contributed by atoms with Crippen molar-refractivity contribution < 1.29 is 0 Å². The maximum absolute atomic E-state index is 11.9. The maximum Gasteiger partial charge on any atom is 0.269 e. The molecule has 2 heterocycles. The first-order valence-corrected chi connectivity index (χ1v) is 6.82. The number of aromatic nitrogens is 1. The molecule has 0 saturated heterocycles. The molecule has 0 radical (unpaired) electrons. The summed E-state index contributed by atoms with van der Waals surface area (Å²) in [5.74, 6) is -1.08. The number of hydrogen-bond donors (Lipinski definition) is 3. The van der Waals surface area contributed by atoms with E-state index < -0.39 is 17.4 Å². The molecule has 112 valence electrons. The Morgan fingerprint density at radius 1 is 1.17 bits per heavy atom. The van der Waals surface area contributed by atoms with Gasteiger partial charge >= 0.3 is 0 Å². The summed E-state index contributed by atoms with van der Waals surface area (Å²) in [6.07, 6.45) is 0. The maximum atomic E-state index is 11.9. The van der Waals surface area contributed by atoms with Gasteiger partial charge in [-0.1, -0.05) is 30.3 Å². The third-order valence-electron chi connectivity index (χ3n) is 3.87. The van der Waals surface area contributed by atoms with Gasteiger partial charge in [0.05, 0.1) is 11.8 Å². The molecule has 7 nitrogen and oxygen atoms in total. The van der Waals surface area contributed by atoms with Crippen molar-refractivity contribution in [1.29, 1.82) is 10.5 Å². The summed E-state index contributed by atoms with van der Waals surface area (Å²) in [5.41, 5.74) is 12.5. The number of hydrogen-bond acceptors (Lipinski definition) is 6. The molecular formula is C16H12N6O. The van der Waals surface area contributed by atoms with Crippen LogP contribution in [0, 0.1) is 28.6 Å². The molecule has 1 aromatic heterocycles. The highest BCUT2D eigenvalue weighted by molar-refractivity contribution is 5.93. The third-order valence-corrected chi connectivity index (χ3v) is 3.87. The van der Waals surface area contributed by atoms with Crippen LogP contribution >= 0.6 is 0 Å². The number of fused-ring (bicyclic) bond motifs is 1. The van der Waals surface area contributed by atoms with Crippen molar-refractivity contribution in [2.45, 2.75) is 5.92 Å². The minimum Gasteiger partial charge on any atom is -0.386 e. The first kappa shape index (κ1) is 14.4. The van der Waals surface area contributed by atoms with Crippen LogP contribution in [0.5, 0.6) is 0 Å². The molecule has 0 spiro atoms. The third kappa shape index (κ3) is 2.12. The van der Waals surface area contributed by atoms with E-state index in [1.54, 1.807) is 0 Å². The lowest BCUT2D eigenvalue weighted by molar-refractivity contribution is 0.710. The number of aromatic amines is 1. The number of nitrogens with two attached hydrogens (primary N) is 2. The molecule has 5 N–H and O–H groups in total. The summed E-state index contributed by atoms with van der Waals surface area (Å²) in [5, 5.41) is 18.7. The van der Waals surface area contributed by atoms with Gasteiger partial charge in [0.25, 0.3) is 5.56 Å². The summed E-state index contributed by atoms with van der Waals surface area (Å²) >= 11 is 0. The van der Waals surface area contributed by atoms with E-state index in [1.807, 2.05) is 36.4 Å². The predicted molar refractivity (Wildman–Crippen MR) is 84.9 cm³/mol. The van der Waals surface area contributed by atoms with E-state index in [2.05, 4.69) is 16.0 Å². The number of anilines is 1. The van der Waals surface area contributed by atoms with E-state index in [1.165, 1.54) is 0 Å². The zero-order valence-electron chi connectivity index (χ0n) is 11.9. The molecule has 2 aromatic rings. The first-order valence-electron chi connectivity index (χ1n) is 6.82. The first-order chi connectivity index (χ1) is 11.1. The largest absolute Gasteiger partial charge is 0.386 e. The number of aliphatic imine (C=N–C) groups is 1. The average Bonchev–Trinajstić information content (AvgIpc) is 2.54. The van der Waals surface area contributed by atoms with E-state index in [4.69, 9.17) is 11.5 Å². The van der Waals surface area contributed by atoms with E-state index in [0.717, 1.165) is 5.56 Å². The van der Waals surface area contributed by atoms with E-state index in [0.29, 0.717) is 5.56 Å². The molecule has 0 saturated carbocycles. The number of amidine groups is 1. The lowest BCUT2D eigenvalue weighted by Crippen LogP contribution is -2.33. The molecule has 1 aliphatic rings. The molecule has 1 aliphatic heterocycles. The number of rotatable bonds is 1. The van der Waals surface area contributed by atoms with Gasteiger partial charge in [0.1, 0.15) is 29.2 Å². The SMILES string of the molecule is N#Cc1c2c(c(N)[nH]c1=O)[C@@H](c1ccccc1)[C@H](C#N)C(N)=N2. The van der Waals surface area contributed by atoms with Crippen LogP contribution in [0.2, 0.25) is 0 Å². The highest BCUT2D eigenvalue weighted by atomic mass is 16.1. The number of benzene rings is 1. The molecule has 0 amide bonds. The van der Waals surface area contributed by atoms with Gasteiger partial charge in [0.15, 0.2) is 0 Å². The van der Waals surface area contributed by atoms with E-state index in [-0.39, 0.29) is 22.9 Å². The Bertz CT molecular complexity index is 946. The zero-order valence-corrected chi connectivity index (χ0v) is 11.9. The number of pyridine rings is 1. The zero-order chi connectivity index (χ0) is 16.6.